The lowest BCUT2D eigenvalue weighted by Crippen LogP contribution is -2.19. The zero-order valence-electron chi connectivity index (χ0n) is 11.4. The van der Waals surface area contributed by atoms with Crippen molar-refractivity contribution in [2.75, 3.05) is 10.6 Å². The Balaban J connectivity index is 2.05. The lowest BCUT2D eigenvalue weighted by molar-refractivity contribution is 1.38. The first-order valence-electron chi connectivity index (χ1n) is 6.26. The molecule has 0 bridgehead atoms. The number of aryl methyl sites for hydroxylation is 3. The van der Waals surface area contributed by atoms with Crippen LogP contribution < -0.4 is 10.6 Å². The van der Waals surface area contributed by atoms with Crippen LogP contribution in [0.4, 0.5) is 11.4 Å². The molecule has 0 saturated carbocycles. The number of rotatable bonds is 2. The van der Waals surface area contributed by atoms with E-state index in [0.717, 1.165) is 11.4 Å². The number of hydrogen-bond acceptors (Lipinski definition) is 1. The van der Waals surface area contributed by atoms with E-state index in [9.17, 15) is 0 Å². The maximum atomic E-state index is 5.33. The molecule has 0 aromatic heterocycles. The number of thiocarbonyl (C=S) groups is 1. The molecule has 0 amide bonds. The van der Waals surface area contributed by atoms with Crippen molar-refractivity contribution in [1.29, 1.82) is 0 Å². The van der Waals surface area contributed by atoms with Crippen molar-refractivity contribution in [3.05, 3.63) is 59.2 Å². The minimum Gasteiger partial charge on any atom is -0.332 e. The number of benzene rings is 2. The van der Waals surface area contributed by atoms with Gasteiger partial charge in [-0.2, -0.15) is 0 Å². The van der Waals surface area contributed by atoms with Gasteiger partial charge >= 0.3 is 0 Å². The van der Waals surface area contributed by atoms with Crippen molar-refractivity contribution < 1.29 is 0 Å². The Morgan fingerprint density at radius 1 is 0.895 bits per heavy atom. The van der Waals surface area contributed by atoms with Crippen LogP contribution in [0.2, 0.25) is 0 Å². The topological polar surface area (TPSA) is 24.1 Å². The Bertz CT molecular complexity index is 605. The third kappa shape index (κ3) is 3.80. The number of nitrogens with one attached hydrogen (secondary N) is 2. The molecule has 2 nitrogen and oxygen atoms in total. The van der Waals surface area contributed by atoms with Crippen LogP contribution in [0.25, 0.3) is 0 Å². The van der Waals surface area contributed by atoms with E-state index in [4.69, 9.17) is 12.2 Å². The fourth-order valence-electron chi connectivity index (χ4n) is 1.96. The molecule has 19 heavy (non-hydrogen) atoms. The van der Waals surface area contributed by atoms with E-state index in [-0.39, 0.29) is 0 Å². The highest BCUT2D eigenvalue weighted by molar-refractivity contribution is 7.80. The van der Waals surface area contributed by atoms with Crippen molar-refractivity contribution in [1.82, 2.24) is 0 Å². The molecule has 98 valence electrons. The first-order valence-corrected chi connectivity index (χ1v) is 6.67. The average molecular weight is 270 g/mol. The largest absolute Gasteiger partial charge is 0.332 e. The first kappa shape index (κ1) is 13.6. The molecule has 2 N–H and O–H groups in total. The van der Waals surface area contributed by atoms with Crippen molar-refractivity contribution in [3.8, 4) is 0 Å². The SMILES string of the molecule is Cc1cccc(NC(=S)Nc2ccc(C)cc2C)c1. The van der Waals surface area contributed by atoms with Crippen LogP contribution >= 0.6 is 12.2 Å². The van der Waals surface area contributed by atoms with Gasteiger partial charge in [-0.05, 0) is 62.3 Å². The molecule has 0 aliphatic carbocycles. The molecule has 0 unspecified atom stereocenters. The summed E-state index contributed by atoms with van der Waals surface area (Å²) in [5, 5.41) is 7.03. The second kappa shape index (κ2) is 5.85. The highest BCUT2D eigenvalue weighted by Crippen LogP contribution is 2.17. The van der Waals surface area contributed by atoms with Gasteiger partial charge in [0.1, 0.15) is 0 Å². The summed E-state index contributed by atoms with van der Waals surface area (Å²) >= 11 is 5.33. The van der Waals surface area contributed by atoms with Crippen molar-refractivity contribution in [2.45, 2.75) is 20.8 Å². The lowest BCUT2D eigenvalue weighted by atomic mass is 10.1. The van der Waals surface area contributed by atoms with E-state index in [1.807, 2.05) is 12.1 Å². The average Bonchev–Trinajstić information content (AvgIpc) is 2.33. The van der Waals surface area contributed by atoms with Crippen LogP contribution in [0, 0.1) is 20.8 Å². The predicted octanol–water partition coefficient (Wildman–Crippen LogP) is 4.42. The van der Waals surface area contributed by atoms with Gasteiger partial charge in [-0.3, -0.25) is 0 Å². The Kier molecular flexibility index (Phi) is 4.17. The fourth-order valence-corrected chi connectivity index (χ4v) is 2.19. The van der Waals surface area contributed by atoms with Crippen LogP contribution in [0.15, 0.2) is 42.5 Å². The van der Waals surface area contributed by atoms with Crippen LogP contribution in [-0.4, -0.2) is 5.11 Å². The molecule has 0 heterocycles. The van der Waals surface area contributed by atoms with Gasteiger partial charge in [0.15, 0.2) is 5.11 Å². The van der Waals surface area contributed by atoms with E-state index >= 15 is 0 Å². The van der Waals surface area contributed by atoms with Gasteiger partial charge in [0, 0.05) is 11.4 Å². The summed E-state index contributed by atoms with van der Waals surface area (Å²) in [5.41, 5.74) is 5.69. The standard InChI is InChI=1S/C16H18N2S/c1-11-5-4-6-14(10-11)17-16(19)18-15-8-7-12(2)9-13(15)3/h4-10H,1-3H3,(H2,17,18,19). The molecule has 0 spiro atoms. The highest BCUT2D eigenvalue weighted by atomic mass is 32.1. The zero-order valence-corrected chi connectivity index (χ0v) is 12.3. The van der Waals surface area contributed by atoms with E-state index in [1.165, 1.54) is 16.7 Å². The van der Waals surface area contributed by atoms with Gasteiger partial charge in [0.25, 0.3) is 0 Å². The molecule has 2 aromatic rings. The summed E-state index contributed by atoms with van der Waals surface area (Å²) in [7, 11) is 0. The molecular weight excluding hydrogens is 252 g/mol. The van der Waals surface area contributed by atoms with Gasteiger partial charge in [0.2, 0.25) is 0 Å². The van der Waals surface area contributed by atoms with Crippen molar-refractivity contribution >= 4 is 28.7 Å². The third-order valence-electron chi connectivity index (χ3n) is 2.91. The lowest BCUT2D eigenvalue weighted by Gasteiger charge is -2.13. The van der Waals surface area contributed by atoms with Crippen molar-refractivity contribution in [2.24, 2.45) is 0 Å². The van der Waals surface area contributed by atoms with E-state index in [1.54, 1.807) is 0 Å². The van der Waals surface area contributed by atoms with Crippen LogP contribution in [0.5, 0.6) is 0 Å². The molecular formula is C16H18N2S. The number of anilines is 2. The van der Waals surface area contributed by atoms with Gasteiger partial charge in [-0.1, -0.05) is 29.8 Å². The fraction of sp³-hybridized carbons (Fsp3) is 0.188. The second-order valence-corrected chi connectivity index (χ2v) is 5.18. The summed E-state index contributed by atoms with van der Waals surface area (Å²) in [6.45, 7) is 6.22. The maximum absolute atomic E-state index is 5.33. The zero-order chi connectivity index (χ0) is 13.8. The van der Waals surface area contributed by atoms with Crippen LogP contribution in [0.3, 0.4) is 0 Å². The molecule has 2 rings (SSSR count). The highest BCUT2D eigenvalue weighted by Gasteiger charge is 2.02. The van der Waals surface area contributed by atoms with Crippen LogP contribution in [-0.2, 0) is 0 Å². The first-order chi connectivity index (χ1) is 9.04. The Labute approximate surface area is 119 Å². The van der Waals surface area contributed by atoms with E-state index in [0.29, 0.717) is 5.11 Å². The molecule has 3 heteroatoms. The van der Waals surface area contributed by atoms with Crippen LogP contribution in [0.1, 0.15) is 16.7 Å². The van der Waals surface area contributed by atoms with Gasteiger partial charge < -0.3 is 10.6 Å². The number of hydrogen-bond donors (Lipinski definition) is 2. The minimum atomic E-state index is 0.609. The minimum absolute atomic E-state index is 0.609. The quantitative estimate of drug-likeness (QED) is 0.790. The smallest absolute Gasteiger partial charge is 0.175 e. The van der Waals surface area contributed by atoms with Gasteiger partial charge in [-0.15, -0.1) is 0 Å². The van der Waals surface area contributed by atoms with E-state index < -0.39 is 0 Å². The maximum Gasteiger partial charge on any atom is 0.175 e. The molecule has 0 radical (unpaired) electrons. The molecule has 0 aliphatic heterocycles. The molecule has 0 aliphatic rings. The van der Waals surface area contributed by atoms with Crippen molar-refractivity contribution in [3.63, 3.8) is 0 Å². The summed E-state index contributed by atoms with van der Waals surface area (Å²) < 4.78 is 0. The summed E-state index contributed by atoms with van der Waals surface area (Å²) in [4.78, 5) is 0. The van der Waals surface area contributed by atoms with Gasteiger partial charge in [-0.25, -0.2) is 0 Å². The predicted molar refractivity (Wildman–Crippen MR) is 86.9 cm³/mol. The second-order valence-electron chi connectivity index (χ2n) is 4.77. The third-order valence-corrected chi connectivity index (χ3v) is 3.11. The molecule has 2 aromatic carbocycles. The Hall–Kier alpha value is -1.87. The Morgan fingerprint density at radius 2 is 1.63 bits per heavy atom. The summed E-state index contributed by atoms with van der Waals surface area (Å²) in [5.74, 6) is 0. The van der Waals surface area contributed by atoms with Gasteiger partial charge in [0.05, 0.1) is 0 Å². The van der Waals surface area contributed by atoms with E-state index in [2.05, 4.69) is 61.7 Å². The summed E-state index contributed by atoms with van der Waals surface area (Å²) in [6.07, 6.45) is 0. The molecule has 0 saturated heterocycles. The molecule has 0 fully saturated rings. The molecule has 0 atom stereocenters. The Morgan fingerprint density at radius 3 is 2.32 bits per heavy atom. The normalized spacial score (nSPS) is 10.1. The monoisotopic (exact) mass is 270 g/mol. The summed E-state index contributed by atoms with van der Waals surface area (Å²) in [6, 6.07) is 14.4.